The first-order valence-corrected chi connectivity index (χ1v) is 5.56. The zero-order chi connectivity index (χ0) is 16.5. The minimum Gasteiger partial charge on any atom is -0.349 e. The lowest BCUT2D eigenvalue weighted by atomic mass is 10.1. The summed E-state index contributed by atoms with van der Waals surface area (Å²) in [6.07, 6.45) is -4.14. The summed E-state index contributed by atoms with van der Waals surface area (Å²) in [6.45, 7) is -0.882. The molecule has 0 aromatic carbocycles. The fraction of sp³-hybridized carbons (Fsp3) is 0.556. The molecule has 0 bridgehead atoms. The van der Waals surface area contributed by atoms with Gasteiger partial charge < -0.3 is 5.32 Å². The number of halogens is 8. The molecule has 1 heterocycles. The molecule has 12 heteroatoms. The maximum Gasteiger partial charge on any atom is 0.460 e. The SMILES string of the molecule is O=C(NCCn1cc(Cl)cn1)C(F)(F)C(F)(F)C(F)(F)F. The third kappa shape index (κ3) is 3.57. The summed E-state index contributed by atoms with van der Waals surface area (Å²) in [5.41, 5.74) is 0. The monoisotopic (exact) mass is 341 g/mol. The van der Waals surface area contributed by atoms with E-state index in [-0.39, 0.29) is 11.6 Å². The fourth-order valence-corrected chi connectivity index (χ4v) is 1.33. The quantitative estimate of drug-likeness (QED) is 0.837. The van der Waals surface area contributed by atoms with Gasteiger partial charge in [-0.05, 0) is 0 Å². The van der Waals surface area contributed by atoms with Gasteiger partial charge in [0.2, 0.25) is 0 Å². The maximum absolute atomic E-state index is 12.9. The molecule has 1 rings (SSSR count). The molecule has 21 heavy (non-hydrogen) atoms. The summed E-state index contributed by atoms with van der Waals surface area (Å²) < 4.78 is 87.5. The van der Waals surface area contributed by atoms with Crippen LogP contribution in [0.5, 0.6) is 0 Å². The van der Waals surface area contributed by atoms with Gasteiger partial charge in [-0.25, -0.2) is 0 Å². The molecule has 1 aromatic rings. The highest BCUT2D eigenvalue weighted by atomic mass is 35.5. The lowest BCUT2D eigenvalue weighted by Gasteiger charge is -2.27. The van der Waals surface area contributed by atoms with Crippen molar-refractivity contribution in [3.8, 4) is 0 Å². The third-order valence-corrected chi connectivity index (χ3v) is 2.46. The van der Waals surface area contributed by atoms with Gasteiger partial charge in [0.05, 0.1) is 17.8 Å². The predicted molar refractivity (Wildman–Crippen MR) is 56.2 cm³/mol. The molecular formula is C9H7ClF7N3O. The highest BCUT2D eigenvalue weighted by Gasteiger charge is 2.76. The van der Waals surface area contributed by atoms with E-state index in [0.717, 1.165) is 4.68 Å². The van der Waals surface area contributed by atoms with E-state index in [2.05, 4.69) is 5.10 Å². The van der Waals surface area contributed by atoms with Crippen LogP contribution in [0, 0.1) is 0 Å². The predicted octanol–water partition coefficient (Wildman–Crippen LogP) is 2.49. The van der Waals surface area contributed by atoms with Gasteiger partial charge in [0.15, 0.2) is 0 Å². The minimum absolute atomic E-state index is 0.190. The molecule has 0 fully saturated rings. The zero-order valence-electron chi connectivity index (χ0n) is 9.90. The Hall–Kier alpha value is -1.52. The molecule has 1 amide bonds. The van der Waals surface area contributed by atoms with Crippen LogP contribution < -0.4 is 5.32 Å². The van der Waals surface area contributed by atoms with Gasteiger partial charge in [-0.2, -0.15) is 35.8 Å². The summed E-state index contributed by atoms with van der Waals surface area (Å²) in [7, 11) is 0. The van der Waals surface area contributed by atoms with Crippen LogP contribution in [0.1, 0.15) is 0 Å². The number of carbonyl (C=O) groups excluding carboxylic acids is 1. The molecule has 0 aliphatic rings. The number of alkyl halides is 7. The number of hydrogen-bond donors (Lipinski definition) is 1. The molecule has 1 aromatic heterocycles. The number of hydrogen-bond acceptors (Lipinski definition) is 2. The average molecular weight is 342 g/mol. The standard InChI is InChI=1S/C9H7ClF7N3O/c10-5-3-19-20(4-5)2-1-18-6(21)7(11,12)8(13,14)9(15,16)17/h3-4H,1-2H2,(H,18,21). The van der Waals surface area contributed by atoms with E-state index in [1.165, 1.54) is 17.7 Å². The Morgan fingerprint density at radius 1 is 1.24 bits per heavy atom. The second-order valence-electron chi connectivity index (χ2n) is 3.82. The number of nitrogens with one attached hydrogen (secondary N) is 1. The summed E-state index contributed by atoms with van der Waals surface area (Å²) >= 11 is 5.47. The molecule has 0 unspecified atom stereocenters. The first-order chi connectivity index (χ1) is 9.39. The number of rotatable bonds is 5. The first kappa shape index (κ1) is 17.5. The molecule has 0 radical (unpaired) electrons. The van der Waals surface area contributed by atoms with Crippen LogP contribution in [0.15, 0.2) is 12.4 Å². The van der Waals surface area contributed by atoms with E-state index in [4.69, 9.17) is 11.6 Å². The van der Waals surface area contributed by atoms with Gasteiger partial charge in [-0.3, -0.25) is 9.48 Å². The number of amides is 1. The largest absolute Gasteiger partial charge is 0.460 e. The Labute approximate surface area is 117 Å². The van der Waals surface area contributed by atoms with E-state index in [1.807, 2.05) is 0 Å². The molecule has 0 saturated carbocycles. The number of nitrogens with zero attached hydrogens (tertiary/aromatic N) is 2. The van der Waals surface area contributed by atoms with Crippen LogP contribution in [0.2, 0.25) is 5.02 Å². The summed E-state index contributed by atoms with van der Waals surface area (Å²) in [5.74, 6) is -15.1. The second-order valence-corrected chi connectivity index (χ2v) is 4.26. The lowest BCUT2D eigenvalue weighted by Crippen LogP contribution is -2.59. The molecule has 0 aliphatic heterocycles. The Kier molecular flexibility index (Phi) is 4.76. The van der Waals surface area contributed by atoms with Crippen LogP contribution in [0.3, 0.4) is 0 Å². The Morgan fingerprint density at radius 3 is 2.24 bits per heavy atom. The minimum atomic E-state index is -6.55. The zero-order valence-corrected chi connectivity index (χ0v) is 10.7. The fourth-order valence-electron chi connectivity index (χ4n) is 1.18. The highest BCUT2D eigenvalue weighted by Crippen LogP contribution is 2.46. The van der Waals surface area contributed by atoms with Gasteiger partial charge in [0.1, 0.15) is 0 Å². The summed E-state index contributed by atoms with van der Waals surface area (Å²) in [4.78, 5) is 10.9. The molecule has 0 aliphatic carbocycles. The van der Waals surface area contributed by atoms with Gasteiger partial charge >= 0.3 is 18.0 Å². The van der Waals surface area contributed by atoms with Gasteiger partial charge in [0, 0.05) is 12.7 Å². The first-order valence-electron chi connectivity index (χ1n) is 5.18. The van der Waals surface area contributed by atoms with Crippen molar-refractivity contribution >= 4 is 17.5 Å². The van der Waals surface area contributed by atoms with E-state index in [9.17, 15) is 35.5 Å². The normalized spacial score (nSPS) is 13.3. The van der Waals surface area contributed by atoms with Crippen LogP contribution in [0.4, 0.5) is 30.7 Å². The van der Waals surface area contributed by atoms with Crippen LogP contribution in [0.25, 0.3) is 0 Å². The summed E-state index contributed by atoms with van der Waals surface area (Å²) in [6, 6.07) is 0. The van der Waals surface area contributed by atoms with E-state index < -0.39 is 30.5 Å². The van der Waals surface area contributed by atoms with Crippen molar-refractivity contribution in [2.75, 3.05) is 6.54 Å². The summed E-state index contributed by atoms with van der Waals surface area (Å²) in [5, 5.41) is 5.06. The third-order valence-electron chi connectivity index (χ3n) is 2.26. The van der Waals surface area contributed by atoms with Gasteiger partial charge in [-0.1, -0.05) is 11.6 Å². The molecule has 120 valence electrons. The van der Waals surface area contributed by atoms with E-state index in [0.29, 0.717) is 0 Å². The topological polar surface area (TPSA) is 46.9 Å². The molecule has 0 atom stereocenters. The molecule has 0 spiro atoms. The Bertz CT molecular complexity index is 514. The lowest BCUT2D eigenvalue weighted by molar-refractivity contribution is -0.344. The van der Waals surface area contributed by atoms with Crippen molar-refractivity contribution < 1.29 is 35.5 Å². The van der Waals surface area contributed by atoms with E-state index in [1.54, 1.807) is 0 Å². The van der Waals surface area contributed by atoms with Crippen molar-refractivity contribution in [1.82, 2.24) is 15.1 Å². The van der Waals surface area contributed by atoms with E-state index >= 15 is 0 Å². The van der Waals surface area contributed by atoms with Crippen LogP contribution in [-0.4, -0.2) is 40.3 Å². The maximum atomic E-state index is 12.9. The molecule has 1 N–H and O–H groups in total. The van der Waals surface area contributed by atoms with Gasteiger partial charge in [0.25, 0.3) is 5.91 Å². The Morgan fingerprint density at radius 2 is 1.81 bits per heavy atom. The van der Waals surface area contributed by atoms with Crippen LogP contribution in [-0.2, 0) is 11.3 Å². The molecule has 0 saturated heterocycles. The second kappa shape index (κ2) is 5.70. The van der Waals surface area contributed by atoms with Crippen molar-refractivity contribution in [2.45, 2.75) is 24.6 Å². The molecule has 4 nitrogen and oxygen atoms in total. The van der Waals surface area contributed by atoms with Gasteiger partial charge in [-0.15, -0.1) is 0 Å². The van der Waals surface area contributed by atoms with Crippen LogP contribution >= 0.6 is 11.6 Å². The van der Waals surface area contributed by atoms with Crippen molar-refractivity contribution in [2.24, 2.45) is 0 Å². The Balaban J connectivity index is 2.65. The average Bonchev–Trinajstić information content (AvgIpc) is 2.73. The number of aromatic nitrogens is 2. The van der Waals surface area contributed by atoms with Crippen molar-refractivity contribution in [3.63, 3.8) is 0 Å². The molecular weight excluding hydrogens is 335 g/mol. The smallest absolute Gasteiger partial charge is 0.349 e. The van der Waals surface area contributed by atoms with Crippen molar-refractivity contribution in [3.05, 3.63) is 17.4 Å². The van der Waals surface area contributed by atoms with Crippen molar-refractivity contribution in [1.29, 1.82) is 0 Å². The number of carbonyl (C=O) groups is 1. The highest BCUT2D eigenvalue weighted by molar-refractivity contribution is 6.30.